The fraction of sp³-hybridized carbons (Fsp3) is 0.524. The fourth-order valence-corrected chi connectivity index (χ4v) is 4.61. The zero-order valence-corrected chi connectivity index (χ0v) is 16.9. The van der Waals surface area contributed by atoms with Crippen molar-refractivity contribution >= 4 is 18.3 Å². The van der Waals surface area contributed by atoms with Crippen molar-refractivity contribution in [3.63, 3.8) is 0 Å². The van der Waals surface area contributed by atoms with Crippen LogP contribution in [0.15, 0.2) is 18.2 Å². The van der Waals surface area contributed by atoms with Gasteiger partial charge in [-0.05, 0) is 70.0 Å². The van der Waals surface area contributed by atoms with E-state index in [1.54, 1.807) is 0 Å². The number of halogens is 1. The number of aryl methyl sites for hydroxylation is 2. The van der Waals surface area contributed by atoms with E-state index in [1.807, 2.05) is 4.68 Å². The third kappa shape index (κ3) is 3.63. The van der Waals surface area contributed by atoms with Crippen LogP contribution in [0.25, 0.3) is 5.69 Å². The highest BCUT2D eigenvalue weighted by Gasteiger charge is 2.31. The van der Waals surface area contributed by atoms with Crippen molar-refractivity contribution in [3.05, 3.63) is 46.3 Å². The van der Waals surface area contributed by atoms with Crippen LogP contribution in [-0.4, -0.2) is 28.3 Å². The van der Waals surface area contributed by atoms with Crippen LogP contribution in [0.4, 0.5) is 0 Å². The number of carbonyl (C=O) groups excluding carboxylic acids is 1. The molecule has 1 fully saturated rings. The number of hydrogen-bond donors (Lipinski definition) is 2. The number of benzene rings is 1. The van der Waals surface area contributed by atoms with Crippen LogP contribution in [0.1, 0.15) is 58.6 Å². The highest BCUT2D eigenvalue weighted by atomic mass is 35.5. The van der Waals surface area contributed by atoms with E-state index in [0.717, 1.165) is 49.8 Å². The molecule has 1 amide bonds. The highest BCUT2D eigenvalue weighted by Crippen LogP contribution is 2.30. The standard InChI is InChI=1S/C21H28N4O.ClH/c1-13-9-10-18(14(2)11-13)25-19-8-4-6-16(19)20(24-25)21(26)23-17-7-3-5-15(17)12-22;/h9-11,15,17H,3-8,12,22H2,1-2H3,(H,23,26);1H. The van der Waals surface area contributed by atoms with Gasteiger partial charge in [-0.1, -0.05) is 24.1 Å². The minimum Gasteiger partial charge on any atom is -0.348 e. The largest absolute Gasteiger partial charge is 0.348 e. The monoisotopic (exact) mass is 388 g/mol. The zero-order chi connectivity index (χ0) is 18.3. The van der Waals surface area contributed by atoms with Crippen molar-refractivity contribution in [2.24, 2.45) is 11.7 Å². The topological polar surface area (TPSA) is 72.9 Å². The molecular formula is C21H29ClN4O. The van der Waals surface area contributed by atoms with Crippen molar-refractivity contribution < 1.29 is 4.79 Å². The second-order valence-electron chi connectivity index (χ2n) is 7.84. The molecule has 1 saturated carbocycles. The summed E-state index contributed by atoms with van der Waals surface area (Å²) in [4.78, 5) is 13.0. The van der Waals surface area contributed by atoms with Crippen molar-refractivity contribution in [1.82, 2.24) is 15.1 Å². The summed E-state index contributed by atoms with van der Waals surface area (Å²) in [5.74, 6) is 0.366. The Bertz CT molecular complexity index is 845. The quantitative estimate of drug-likeness (QED) is 0.844. The van der Waals surface area contributed by atoms with Crippen molar-refractivity contribution in [3.8, 4) is 5.69 Å². The predicted molar refractivity (Wildman–Crippen MR) is 110 cm³/mol. The summed E-state index contributed by atoms with van der Waals surface area (Å²) in [5, 5.41) is 7.98. The predicted octanol–water partition coefficient (Wildman–Crippen LogP) is 3.26. The minimum atomic E-state index is -0.0305. The molecule has 3 N–H and O–H groups in total. The Balaban J connectivity index is 0.00000210. The summed E-state index contributed by atoms with van der Waals surface area (Å²) in [6, 6.07) is 6.58. The first kappa shape index (κ1) is 19.9. The van der Waals surface area contributed by atoms with Gasteiger partial charge in [-0.25, -0.2) is 4.68 Å². The zero-order valence-electron chi connectivity index (χ0n) is 16.1. The first-order chi connectivity index (χ1) is 12.6. The van der Waals surface area contributed by atoms with Gasteiger partial charge >= 0.3 is 0 Å². The Labute approximate surface area is 167 Å². The van der Waals surface area contributed by atoms with Gasteiger partial charge in [0.25, 0.3) is 5.91 Å². The molecule has 1 heterocycles. The van der Waals surface area contributed by atoms with E-state index >= 15 is 0 Å². The molecule has 0 aliphatic heterocycles. The molecule has 27 heavy (non-hydrogen) atoms. The Morgan fingerprint density at radius 3 is 2.81 bits per heavy atom. The molecule has 2 aromatic rings. The van der Waals surface area contributed by atoms with E-state index in [2.05, 4.69) is 37.4 Å². The van der Waals surface area contributed by atoms with E-state index < -0.39 is 0 Å². The van der Waals surface area contributed by atoms with Crippen LogP contribution in [0.3, 0.4) is 0 Å². The molecule has 2 aliphatic rings. The molecule has 5 nitrogen and oxygen atoms in total. The summed E-state index contributed by atoms with van der Waals surface area (Å²) in [7, 11) is 0. The lowest BCUT2D eigenvalue weighted by atomic mass is 10.0. The van der Waals surface area contributed by atoms with Crippen LogP contribution >= 0.6 is 12.4 Å². The van der Waals surface area contributed by atoms with E-state index in [1.165, 1.54) is 16.8 Å². The summed E-state index contributed by atoms with van der Waals surface area (Å²) in [5.41, 5.74) is 12.3. The van der Waals surface area contributed by atoms with Crippen LogP contribution in [0.2, 0.25) is 0 Å². The normalized spacial score (nSPS) is 21.0. The van der Waals surface area contributed by atoms with E-state index in [4.69, 9.17) is 10.8 Å². The van der Waals surface area contributed by atoms with Gasteiger partial charge in [-0.15, -0.1) is 12.4 Å². The van der Waals surface area contributed by atoms with Crippen molar-refractivity contribution in [1.29, 1.82) is 0 Å². The van der Waals surface area contributed by atoms with Gasteiger partial charge in [-0.2, -0.15) is 5.10 Å². The lowest BCUT2D eigenvalue weighted by Crippen LogP contribution is -2.40. The first-order valence-corrected chi connectivity index (χ1v) is 9.78. The SMILES string of the molecule is Cc1ccc(-n2nc(C(=O)NC3CCCC3CN)c3c2CCC3)c(C)c1.Cl. The molecule has 2 unspecified atom stereocenters. The molecule has 4 rings (SSSR count). The van der Waals surface area contributed by atoms with Gasteiger partial charge in [0.15, 0.2) is 5.69 Å². The van der Waals surface area contributed by atoms with Gasteiger partial charge in [0.1, 0.15) is 0 Å². The summed E-state index contributed by atoms with van der Waals surface area (Å²) >= 11 is 0. The first-order valence-electron chi connectivity index (χ1n) is 9.78. The Morgan fingerprint density at radius 1 is 1.26 bits per heavy atom. The van der Waals surface area contributed by atoms with E-state index in [-0.39, 0.29) is 24.4 Å². The third-order valence-electron chi connectivity index (χ3n) is 6.00. The number of amides is 1. The lowest BCUT2D eigenvalue weighted by Gasteiger charge is -2.19. The molecule has 1 aromatic heterocycles. The van der Waals surface area contributed by atoms with E-state index in [9.17, 15) is 4.79 Å². The van der Waals surface area contributed by atoms with Gasteiger partial charge < -0.3 is 11.1 Å². The lowest BCUT2D eigenvalue weighted by molar-refractivity contribution is 0.0922. The van der Waals surface area contributed by atoms with Gasteiger partial charge in [-0.3, -0.25) is 4.79 Å². The Morgan fingerprint density at radius 2 is 2.07 bits per heavy atom. The fourth-order valence-electron chi connectivity index (χ4n) is 4.61. The van der Waals surface area contributed by atoms with Gasteiger partial charge in [0, 0.05) is 17.3 Å². The second-order valence-corrected chi connectivity index (χ2v) is 7.84. The number of carbonyl (C=O) groups is 1. The maximum atomic E-state index is 13.0. The molecular weight excluding hydrogens is 360 g/mol. The summed E-state index contributed by atoms with van der Waals surface area (Å²) in [6.45, 7) is 4.84. The molecule has 0 saturated heterocycles. The number of nitrogens with one attached hydrogen (secondary N) is 1. The maximum absolute atomic E-state index is 13.0. The van der Waals surface area contributed by atoms with Crippen LogP contribution in [-0.2, 0) is 12.8 Å². The maximum Gasteiger partial charge on any atom is 0.272 e. The Hall–Kier alpha value is -1.85. The number of fused-ring (bicyclic) bond motifs is 1. The summed E-state index contributed by atoms with van der Waals surface area (Å²) in [6.07, 6.45) is 6.28. The minimum absolute atomic E-state index is 0. The number of nitrogens with two attached hydrogens (primary N) is 1. The average molecular weight is 389 g/mol. The molecule has 1 aromatic carbocycles. The van der Waals surface area contributed by atoms with E-state index in [0.29, 0.717) is 18.2 Å². The molecule has 0 spiro atoms. The van der Waals surface area contributed by atoms with Gasteiger partial charge in [0.2, 0.25) is 0 Å². The number of aromatic nitrogens is 2. The Kier molecular flexibility index (Phi) is 5.92. The second kappa shape index (κ2) is 8.03. The van der Waals surface area contributed by atoms with Crippen molar-refractivity contribution in [2.45, 2.75) is 58.4 Å². The molecule has 146 valence electrons. The number of hydrogen-bond acceptors (Lipinski definition) is 3. The van der Waals surface area contributed by atoms with Crippen LogP contribution < -0.4 is 11.1 Å². The van der Waals surface area contributed by atoms with Crippen LogP contribution in [0, 0.1) is 19.8 Å². The average Bonchev–Trinajstić information content (AvgIpc) is 3.31. The molecule has 2 aliphatic carbocycles. The number of nitrogens with zero attached hydrogens (tertiary/aromatic N) is 2. The molecule has 0 bridgehead atoms. The molecule has 6 heteroatoms. The smallest absolute Gasteiger partial charge is 0.272 e. The van der Waals surface area contributed by atoms with Gasteiger partial charge in [0.05, 0.1) is 5.69 Å². The number of rotatable bonds is 4. The summed E-state index contributed by atoms with van der Waals surface area (Å²) < 4.78 is 2.00. The van der Waals surface area contributed by atoms with Crippen molar-refractivity contribution in [2.75, 3.05) is 6.54 Å². The molecule has 0 radical (unpaired) electrons. The highest BCUT2D eigenvalue weighted by molar-refractivity contribution is 5.94. The third-order valence-corrected chi connectivity index (χ3v) is 6.00. The van der Waals surface area contributed by atoms with Crippen LogP contribution in [0.5, 0.6) is 0 Å². The molecule has 2 atom stereocenters.